The van der Waals surface area contributed by atoms with Crippen LogP contribution in [-0.4, -0.2) is 49.3 Å². The Kier molecular flexibility index (Phi) is 20.9. The van der Waals surface area contributed by atoms with Crippen LogP contribution >= 0.6 is 7.82 Å². The van der Waals surface area contributed by atoms with E-state index in [0.717, 1.165) is 38.5 Å². The van der Waals surface area contributed by atoms with Crippen molar-refractivity contribution in [3.63, 3.8) is 0 Å². The van der Waals surface area contributed by atoms with Gasteiger partial charge in [-0.05, 0) is 12.8 Å². The van der Waals surface area contributed by atoms with E-state index in [2.05, 4.69) is 18.4 Å². The summed E-state index contributed by atoms with van der Waals surface area (Å²) in [7, 11) is -4.33. The van der Waals surface area contributed by atoms with Crippen LogP contribution in [0.25, 0.3) is 0 Å². The predicted molar refractivity (Wildman–Crippen MR) is 128 cm³/mol. The maximum atomic E-state index is 12.1. The molecule has 0 aliphatic rings. The van der Waals surface area contributed by atoms with Crippen molar-refractivity contribution in [3.8, 4) is 0 Å². The van der Waals surface area contributed by atoms with Gasteiger partial charge in [0, 0.05) is 19.4 Å². The number of nitrogens with two attached hydrogens (primary N) is 1. The lowest BCUT2D eigenvalue weighted by Crippen LogP contribution is -2.29. The molecule has 0 amide bonds. The van der Waals surface area contributed by atoms with Gasteiger partial charge in [0.25, 0.3) is 0 Å². The van der Waals surface area contributed by atoms with Crippen LogP contribution in [0.1, 0.15) is 104 Å². The van der Waals surface area contributed by atoms with Gasteiger partial charge >= 0.3 is 19.8 Å². The number of carbonyl (C=O) groups is 2. The van der Waals surface area contributed by atoms with Crippen molar-refractivity contribution in [2.75, 3.05) is 26.4 Å². The van der Waals surface area contributed by atoms with Crippen LogP contribution < -0.4 is 5.73 Å². The summed E-state index contributed by atoms with van der Waals surface area (Å²) in [5, 5.41) is 0. The number of unbranched alkanes of at least 4 members (excludes halogenated alkanes) is 10. The molecule has 196 valence electrons. The number of hydrogen-bond donors (Lipinski definition) is 2. The van der Waals surface area contributed by atoms with Crippen molar-refractivity contribution < 1.29 is 37.6 Å². The molecule has 1 unspecified atom stereocenters. The number of ether oxygens (including phenoxy) is 2. The lowest BCUT2D eigenvalue weighted by molar-refractivity contribution is -0.161. The second-order valence-corrected chi connectivity index (χ2v) is 9.67. The number of esters is 2. The van der Waals surface area contributed by atoms with Crippen molar-refractivity contribution in [2.45, 2.75) is 110 Å². The van der Waals surface area contributed by atoms with Gasteiger partial charge in [0.2, 0.25) is 0 Å². The molecule has 9 nitrogen and oxygen atoms in total. The zero-order chi connectivity index (χ0) is 24.8. The molecule has 0 fully saturated rings. The Morgan fingerprint density at radius 3 is 1.88 bits per heavy atom. The topological polar surface area (TPSA) is 134 Å². The summed E-state index contributed by atoms with van der Waals surface area (Å²) in [6.45, 7) is 3.50. The van der Waals surface area contributed by atoms with Gasteiger partial charge in [-0.15, -0.1) is 0 Å². The van der Waals surface area contributed by atoms with Crippen molar-refractivity contribution >= 4 is 19.8 Å². The van der Waals surface area contributed by atoms with Gasteiger partial charge in [0.05, 0.1) is 13.2 Å². The zero-order valence-corrected chi connectivity index (χ0v) is 21.5. The molecule has 0 aromatic heterocycles. The highest BCUT2D eigenvalue weighted by molar-refractivity contribution is 7.47. The van der Waals surface area contributed by atoms with Crippen LogP contribution in [0, 0.1) is 0 Å². The summed E-state index contributed by atoms with van der Waals surface area (Å²) in [6.07, 6.45) is 12.2. The minimum atomic E-state index is -4.33. The minimum Gasteiger partial charge on any atom is -0.462 e. The van der Waals surface area contributed by atoms with E-state index in [-0.39, 0.29) is 32.6 Å². The first kappa shape index (κ1) is 32.0. The normalized spacial score (nSPS) is 13.9. The third kappa shape index (κ3) is 21.3. The predicted octanol–water partition coefficient (Wildman–Crippen LogP) is 5.03. The monoisotopic (exact) mass is 495 g/mol. The van der Waals surface area contributed by atoms with Gasteiger partial charge in [0.15, 0.2) is 6.10 Å². The van der Waals surface area contributed by atoms with E-state index >= 15 is 0 Å². The Bertz CT molecular complexity index is 547. The third-order valence-corrected chi connectivity index (χ3v) is 5.98. The standard InChI is InChI=1S/C23H46NO8P/c1-3-5-7-9-10-11-12-14-15-22(25)29-19-21(20-31-33(27,28)30-18-17-24)32-23(26)16-13-8-6-4-2/h21H,3-20,24H2,1-2H3,(H,27,28)/t21-/m1/s1. The molecule has 3 N–H and O–H groups in total. The Balaban J connectivity index is 4.37. The molecule has 0 aromatic carbocycles. The van der Waals surface area contributed by atoms with Crippen LogP contribution in [0.15, 0.2) is 0 Å². The molecule has 0 saturated heterocycles. The highest BCUT2D eigenvalue weighted by Crippen LogP contribution is 2.43. The van der Waals surface area contributed by atoms with E-state index in [4.69, 9.17) is 19.7 Å². The fraction of sp³-hybridized carbons (Fsp3) is 0.913. The second-order valence-electron chi connectivity index (χ2n) is 8.22. The van der Waals surface area contributed by atoms with Crippen LogP contribution in [0.2, 0.25) is 0 Å². The molecule has 0 aromatic rings. The zero-order valence-electron chi connectivity index (χ0n) is 20.6. The summed E-state index contributed by atoms with van der Waals surface area (Å²) in [5.41, 5.74) is 5.25. The van der Waals surface area contributed by atoms with Gasteiger partial charge in [0.1, 0.15) is 6.61 Å². The van der Waals surface area contributed by atoms with Crippen LogP contribution in [-0.2, 0) is 32.7 Å². The molecular weight excluding hydrogens is 449 g/mol. The Labute approximate surface area is 199 Å². The molecule has 10 heteroatoms. The first-order valence-corrected chi connectivity index (χ1v) is 14.0. The molecule has 0 rings (SSSR count). The minimum absolute atomic E-state index is 0.0560. The number of carbonyl (C=O) groups excluding carboxylic acids is 2. The first-order valence-electron chi connectivity index (χ1n) is 12.5. The van der Waals surface area contributed by atoms with Gasteiger partial charge in [-0.2, -0.15) is 0 Å². The third-order valence-electron chi connectivity index (χ3n) is 4.99. The molecule has 0 saturated carbocycles. The van der Waals surface area contributed by atoms with E-state index in [0.29, 0.717) is 6.42 Å². The van der Waals surface area contributed by atoms with E-state index < -0.39 is 32.5 Å². The summed E-state index contributed by atoms with van der Waals surface area (Å²) >= 11 is 0. The maximum Gasteiger partial charge on any atom is 0.472 e. The lowest BCUT2D eigenvalue weighted by atomic mass is 10.1. The summed E-state index contributed by atoms with van der Waals surface area (Å²) in [6, 6.07) is 0. The highest BCUT2D eigenvalue weighted by atomic mass is 31.2. The Morgan fingerprint density at radius 1 is 0.788 bits per heavy atom. The SMILES string of the molecule is CCCCCCCCCCC(=O)OC[C@H](COP(=O)(O)OCCN)OC(=O)CCCCCC. The number of phosphoric acid groups is 1. The van der Waals surface area contributed by atoms with E-state index in [1.165, 1.54) is 32.1 Å². The first-order chi connectivity index (χ1) is 15.8. The number of hydrogen-bond acceptors (Lipinski definition) is 8. The largest absolute Gasteiger partial charge is 0.472 e. The molecular formula is C23H46NO8P. The summed E-state index contributed by atoms with van der Waals surface area (Å²) in [4.78, 5) is 33.8. The molecule has 0 heterocycles. The molecule has 0 spiro atoms. The lowest BCUT2D eigenvalue weighted by Gasteiger charge is -2.19. The van der Waals surface area contributed by atoms with Crippen LogP contribution in [0.5, 0.6) is 0 Å². The maximum absolute atomic E-state index is 12.1. The highest BCUT2D eigenvalue weighted by Gasteiger charge is 2.25. The van der Waals surface area contributed by atoms with Crippen molar-refractivity contribution in [1.29, 1.82) is 0 Å². The fourth-order valence-corrected chi connectivity index (χ4v) is 3.87. The van der Waals surface area contributed by atoms with E-state index in [1.54, 1.807) is 0 Å². The number of rotatable bonds is 23. The Morgan fingerprint density at radius 2 is 1.30 bits per heavy atom. The van der Waals surface area contributed by atoms with E-state index in [1.807, 2.05) is 0 Å². The van der Waals surface area contributed by atoms with Gasteiger partial charge in [-0.1, -0.05) is 78.1 Å². The number of phosphoric ester groups is 1. The molecule has 0 radical (unpaired) electrons. The average molecular weight is 496 g/mol. The molecule has 33 heavy (non-hydrogen) atoms. The molecule has 0 aliphatic carbocycles. The average Bonchev–Trinajstić information content (AvgIpc) is 2.79. The van der Waals surface area contributed by atoms with Gasteiger partial charge in [-0.3, -0.25) is 18.6 Å². The summed E-state index contributed by atoms with van der Waals surface area (Å²) in [5.74, 6) is -0.856. The van der Waals surface area contributed by atoms with Gasteiger partial charge < -0.3 is 20.1 Å². The van der Waals surface area contributed by atoms with Gasteiger partial charge in [-0.25, -0.2) is 4.57 Å². The second kappa shape index (κ2) is 21.5. The summed E-state index contributed by atoms with van der Waals surface area (Å²) < 4.78 is 31.9. The molecule has 2 atom stereocenters. The quantitative estimate of drug-likeness (QED) is 0.114. The van der Waals surface area contributed by atoms with Crippen LogP contribution in [0.4, 0.5) is 0 Å². The van der Waals surface area contributed by atoms with E-state index in [9.17, 15) is 19.0 Å². The van der Waals surface area contributed by atoms with Crippen molar-refractivity contribution in [2.24, 2.45) is 5.73 Å². The van der Waals surface area contributed by atoms with Crippen LogP contribution in [0.3, 0.4) is 0 Å². The smallest absolute Gasteiger partial charge is 0.462 e. The Hall–Kier alpha value is -0.990. The fourth-order valence-electron chi connectivity index (χ4n) is 3.10. The van der Waals surface area contributed by atoms with Crippen molar-refractivity contribution in [3.05, 3.63) is 0 Å². The molecule has 0 aliphatic heterocycles. The van der Waals surface area contributed by atoms with Crippen molar-refractivity contribution in [1.82, 2.24) is 0 Å². The molecule has 0 bridgehead atoms.